The number of thioether (sulfide) groups is 4. The van der Waals surface area contributed by atoms with E-state index in [0.717, 1.165) is 11.4 Å². The number of hydrogen-bond donors (Lipinski definition) is 0. The Balaban J connectivity index is 1.56. The highest BCUT2D eigenvalue weighted by Gasteiger charge is 2.27. The van der Waals surface area contributed by atoms with E-state index in [0.29, 0.717) is 0 Å². The number of allylic oxidation sites excluding steroid dienone is 2. The number of ether oxygens (including phenoxy) is 1. The lowest BCUT2D eigenvalue weighted by molar-refractivity contribution is 0.415. The van der Waals surface area contributed by atoms with Crippen molar-refractivity contribution in [1.29, 1.82) is 0 Å². The van der Waals surface area contributed by atoms with Crippen molar-refractivity contribution in [1.82, 2.24) is 4.57 Å². The summed E-state index contributed by atoms with van der Waals surface area (Å²) in [6.45, 7) is 4.41. The number of rotatable bonds is 2. The average molecular weight is 378 g/mol. The van der Waals surface area contributed by atoms with E-state index >= 15 is 0 Å². The highest BCUT2D eigenvalue weighted by atomic mass is 32.2. The molecule has 0 unspecified atom stereocenters. The molecule has 0 radical (unpaired) electrons. The van der Waals surface area contributed by atoms with Gasteiger partial charge in [0, 0.05) is 27.9 Å². The summed E-state index contributed by atoms with van der Waals surface area (Å²) in [4.78, 5) is 5.55. The van der Waals surface area contributed by atoms with E-state index in [1.165, 1.54) is 28.1 Å². The molecule has 2 aromatic rings. The van der Waals surface area contributed by atoms with Crippen LogP contribution in [-0.4, -0.2) is 11.7 Å². The third kappa shape index (κ3) is 2.97. The molecule has 0 saturated carbocycles. The SMILES string of the molecule is COc1ccc(-n2cc3c(c2)SC(=C2SC(C)=C(C)S2)S3)cc1. The lowest BCUT2D eigenvalue weighted by atomic mass is 10.3. The standard InChI is InChI=1S/C17H15NOS4/c1-10-11(2)21-16(20-10)17-22-14-8-18(9-15(14)23-17)12-4-6-13(19-3)7-5-12/h4-9H,1-3H3. The van der Waals surface area contributed by atoms with Gasteiger partial charge in [-0.05, 0) is 47.9 Å². The Hall–Kier alpha value is -0.820. The minimum atomic E-state index is 0.887. The fourth-order valence-electron chi connectivity index (χ4n) is 2.30. The Labute approximate surface area is 153 Å². The quantitative estimate of drug-likeness (QED) is 0.588. The first kappa shape index (κ1) is 15.7. The summed E-state index contributed by atoms with van der Waals surface area (Å²) in [5, 5.41) is 0. The second-order valence-corrected chi connectivity index (χ2v) is 10.3. The topological polar surface area (TPSA) is 14.2 Å². The van der Waals surface area contributed by atoms with E-state index in [1.807, 2.05) is 59.2 Å². The number of benzene rings is 1. The molecule has 23 heavy (non-hydrogen) atoms. The van der Waals surface area contributed by atoms with E-state index in [-0.39, 0.29) is 0 Å². The molecular formula is C17H15NOS4. The zero-order valence-corrected chi connectivity index (χ0v) is 16.2. The van der Waals surface area contributed by atoms with E-state index < -0.39 is 0 Å². The van der Waals surface area contributed by atoms with Crippen LogP contribution in [-0.2, 0) is 0 Å². The molecule has 0 aliphatic carbocycles. The smallest absolute Gasteiger partial charge is 0.119 e. The summed E-state index contributed by atoms with van der Waals surface area (Å²) < 4.78 is 10.3. The maximum atomic E-state index is 5.22. The molecule has 0 atom stereocenters. The molecule has 0 amide bonds. The van der Waals surface area contributed by atoms with E-state index in [2.05, 4.69) is 42.9 Å². The van der Waals surface area contributed by atoms with Gasteiger partial charge >= 0.3 is 0 Å². The summed E-state index contributed by atoms with van der Waals surface area (Å²) in [7, 11) is 1.69. The van der Waals surface area contributed by atoms with Gasteiger partial charge in [0.15, 0.2) is 0 Å². The molecule has 0 spiro atoms. The molecule has 6 heteroatoms. The van der Waals surface area contributed by atoms with Crippen molar-refractivity contribution in [3.05, 3.63) is 54.9 Å². The predicted molar refractivity (Wildman–Crippen MR) is 105 cm³/mol. The maximum Gasteiger partial charge on any atom is 0.119 e. The number of methoxy groups -OCH3 is 1. The normalized spacial score (nSPS) is 17.2. The van der Waals surface area contributed by atoms with Crippen molar-refractivity contribution in [2.45, 2.75) is 23.6 Å². The van der Waals surface area contributed by atoms with Crippen molar-refractivity contribution in [3.8, 4) is 11.4 Å². The van der Waals surface area contributed by atoms with Crippen molar-refractivity contribution >= 4 is 47.0 Å². The van der Waals surface area contributed by atoms with E-state index in [1.54, 1.807) is 7.11 Å². The fourth-order valence-corrected chi connectivity index (χ4v) is 7.64. The predicted octanol–water partition coefficient (Wildman–Crippen LogP) is 6.54. The molecule has 2 aliphatic heterocycles. The van der Waals surface area contributed by atoms with Gasteiger partial charge in [-0.25, -0.2) is 0 Å². The van der Waals surface area contributed by atoms with Crippen LogP contribution in [0.3, 0.4) is 0 Å². The Morgan fingerprint density at radius 2 is 1.30 bits per heavy atom. The van der Waals surface area contributed by atoms with Crippen molar-refractivity contribution in [2.24, 2.45) is 0 Å². The van der Waals surface area contributed by atoms with Crippen molar-refractivity contribution < 1.29 is 4.74 Å². The first-order chi connectivity index (χ1) is 11.1. The van der Waals surface area contributed by atoms with Gasteiger partial charge in [0.2, 0.25) is 0 Å². The highest BCUT2D eigenvalue weighted by molar-refractivity contribution is 8.32. The molecule has 0 bridgehead atoms. The van der Waals surface area contributed by atoms with Crippen LogP contribution in [0.5, 0.6) is 5.75 Å². The van der Waals surface area contributed by atoms with Crippen LogP contribution in [0.15, 0.2) is 64.7 Å². The maximum absolute atomic E-state index is 5.22. The monoisotopic (exact) mass is 377 g/mol. The highest BCUT2D eigenvalue weighted by Crippen LogP contribution is 2.60. The number of fused-ring (bicyclic) bond motifs is 1. The molecule has 0 saturated heterocycles. The Morgan fingerprint density at radius 1 is 0.783 bits per heavy atom. The van der Waals surface area contributed by atoms with Gasteiger partial charge in [-0.3, -0.25) is 0 Å². The van der Waals surface area contributed by atoms with Crippen molar-refractivity contribution in [2.75, 3.05) is 7.11 Å². The zero-order valence-electron chi connectivity index (χ0n) is 13.0. The third-order valence-corrected chi connectivity index (χ3v) is 9.33. The van der Waals surface area contributed by atoms with Crippen molar-refractivity contribution in [3.63, 3.8) is 0 Å². The van der Waals surface area contributed by atoms with Crippen LogP contribution in [0.25, 0.3) is 5.69 Å². The fraction of sp³-hybridized carbons (Fsp3) is 0.176. The number of nitrogens with zero attached hydrogens (tertiary/aromatic N) is 1. The molecular weight excluding hydrogens is 362 g/mol. The Kier molecular flexibility index (Phi) is 4.26. The molecule has 2 nitrogen and oxygen atoms in total. The minimum Gasteiger partial charge on any atom is -0.497 e. The van der Waals surface area contributed by atoms with E-state index in [9.17, 15) is 0 Å². The van der Waals surface area contributed by atoms with E-state index in [4.69, 9.17) is 4.74 Å². The van der Waals surface area contributed by atoms with Gasteiger partial charge in [0.1, 0.15) is 5.75 Å². The summed E-state index contributed by atoms with van der Waals surface area (Å²) in [5.41, 5.74) is 1.16. The average Bonchev–Trinajstić information content (AvgIpc) is 3.21. The lowest BCUT2D eigenvalue weighted by Gasteiger charge is -2.05. The Morgan fingerprint density at radius 3 is 1.83 bits per heavy atom. The second kappa shape index (κ2) is 6.24. The van der Waals surface area contributed by atoms with Crippen LogP contribution in [0, 0.1) is 0 Å². The van der Waals surface area contributed by atoms with Crippen LogP contribution in [0.4, 0.5) is 0 Å². The Bertz CT molecular complexity index is 791. The van der Waals surface area contributed by atoms with Gasteiger partial charge in [0.25, 0.3) is 0 Å². The van der Waals surface area contributed by atoms with Gasteiger partial charge in [-0.15, -0.1) is 0 Å². The summed E-state index contributed by atoms with van der Waals surface area (Å²) in [6, 6.07) is 8.17. The van der Waals surface area contributed by atoms with Gasteiger partial charge < -0.3 is 9.30 Å². The molecule has 1 aromatic heterocycles. The van der Waals surface area contributed by atoms with Crippen LogP contribution >= 0.6 is 47.0 Å². The zero-order chi connectivity index (χ0) is 16.0. The lowest BCUT2D eigenvalue weighted by Crippen LogP contribution is -1.90. The number of hydrogen-bond acceptors (Lipinski definition) is 5. The summed E-state index contributed by atoms with van der Waals surface area (Å²) in [5.74, 6) is 0.887. The molecule has 3 heterocycles. The first-order valence-electron chi connectivity index (χ1n) is 7.13. The largest absolute Gasteiger partial charge is 0.497 e. The molecule has 2 aliphatic rings. The third-order valence-electron chi connectivity index (χ3n) is 3.69. The molecule has 1 aromatic carbocycles. The molecule has 0 N–H and O–H groups in total. The molecule has 118 valence electrons. The molecule has 4 rings (SSSR count). The summed E-state index contributed by atoms with van der Waals surface area (Å²) >= 11 is 7.60. The number of aromatic nitrogens is 1. The minimum absolute atomic E-state index is 0.887. The van der Waals surface area contributed by atoms with Gasteiger partial charge in [-0.1, -0.05) is 47.0 Å². The van der Waals surface area contributed by atoms with Crippen LogP contribution in [0.2, 0.25) is 0 Å². The summed E-state index contributed by atoms with van der Waals surface area (Å²) in [6.07, 6.45) is 4.44. The van der Waals surface area contributed by atoms with Gasteiger partial charge in [0.05, 0.1) is 15.6 Å². The van der Waals surface area contributed by atoms with Crippen LogP contribution in [0.1, 0.15) is 13.8 Å². The second-order valence-electron chi connectivity index (χ2n) is 5.19. The molecule has 0 fully saturated rings. The van der Waals surface area contributed by atoms with Crippen LogP contribution < -0.4 is 4.74 Å². The first-order valence-corrected chi connectivity index (χ1v) is 10.4. The van der Waals surface area contributed by atoms with Gasteiger partial charge in [-0.2, -0.15) is 0 Å².